The van der Waals surface area contributed by atoms with E-state index < -0.39 is 0 Å². The lowest BCUT2D eigenvalue weighted by Crippen LogP contribution is -2.22. The average Bonchev–Trinajstić information content (AvgIpc) is 2.36. The Morgan fingerprint density at radius 1 is 1.47 bits per heavy atom. The van der Waals surface area contributed by atoms with Gasteiger partial charge < -0.3 is 9.64 Å². The van der Waals surface area contributed by atoms with E-state index in [2.05, 4.69) is 23.5 Å². The Hall–Kier alpha value is -0.640. The molecule has 0 atom stereocenters. The number of carbonyl (C=O) groups is 1. The van der Waals surface area contributed by atoms with Crippen LogP contribution < -0.4 is 0 Å². The fourth-order valence-corrected chi connectivity index (χ4v) is 2.53. The molecule has 4 heteroatoms. The molecule has 1 rings (SSSR count). The van der Waals surface area contributed by atoms with E-state index in [0.717, 1.165) is 25.3 Å². The van der Waals surface area contributed by atoms with Crippen LogP contribution in [-0.2, 0) is 9.53 Å². The van der Waals surface area contributed by atoms with Crippen LogP contribution in [0.1, 0.15) is 20.3 Å². The second-order valence-electron chi connectivity index (χ2n) is 4.23. The van der Waals surface area contributed by atoms with Gasteiger partial charge in [-0.25, -0.2) is 4.79 Å². The van der Waals surface area contributed by atoms with Crippen LogP contribution in [0.3, 0.4) is 0 Å². The standard InChI is InChI=1S/C11H19NO2S/c1-11(2)5-7-12(8-9-15-11)6-4-10(13)14-3/h4,6H,5,7-9H2,1-3H3/b6-4+. The number of hydrogen-bond donors (Lipinski definition) is 0. The highest BCUT2D eigenvalue weighted by Gasteiger charge is 2.22. The summed E-state index contributed by atoms with van der Waals surface area (Å²) in [4.78, 5) is 13.1. The summed E-state index contributed by atoms with van der Waals surface area (Å²) in [6.45, 7) is 6.55. The van der Waals surface area contributed by atoms with Crippen LogP contribution in [0.4, 0.5) is 0 Å². The fraction of sp³-hybridized carbons (Fsp3) is 0.727. The van der Waals surface area contributed by atoms with Crippen molar-refractivity contribution in [3.63, 3.8) is 0 Å². The molecule has 1 heterocycles. The first-order valence-electron chi connectivity index (χ1n) is 5.18. The number of esters is 1. The maximum atomic E-state index is 10.9. The van der Waals surface area contributed by atoms with E-state index >= 15 is 0 Å². The third kappa shape index (κ3) is 4.60. The van der Waals surface area contributed by atoms with Crippen molar-refractivity contribution >= 4 is 17.7 Å². The van der Waals surface area contributed by atoms with Gasteiger partial charge in [-0.3, -0.25) is 0 Å². The number of carbonyl (C=O) groups excluding carboxylic acids is 1. The molecule has 15 heavy (non-hydrogen) atoms. The molecule has 1 saturated heterocycles. The number of methoxy groups -OCH3 is 1. The van der Waals surface area contributed by atoms with Crippen LogP contribution in [-0.4, -0.2) is 41.6 Å². The van der Waals surface area contributed by atoms with Crippen LogP contribution in [0.5, 0.6) is 0 Å². The fourth-order valence-electron chi connectivity index (χ4n) is 1.42. The molecule has 0 bridgehead atoms. The predicted molar refractivity (Wildman–Crippen MR) is 63.9 cm³/mol. The summed E-state index contributed by atoms with van der Waals surface area (Å²) in [6.07, 6.45) is 4.47. The summed E-state index contributed by atoms with van der Waals surface area (Å²) in [5, 5.41) is 0. The maximum Gasteiger partial charge on any atom is 0.331 e. The molecule has 86 valence electrons. The minimum absolute atomic E-state index is 0.286. The molecule has 0 spiro atoms. The molecule has 0 aromatic heterocycles. The Bertz CT molecular complexity index is 251. The average molecular weight is 229 g/mol. The Morgan fingerprint density at radius 2 is 2.20 bits per heavy atom. The first kappa shape index (κ1) is 12.4. The third-order valence-electron chi connectivity index (χ3n) is 2.49. The highest BCUT2D eigenvalue weighted by atomic mass is 32.2. The third-order valence-corrected chi connectivity index (χ3v) is 3.87. The molecule has 3 nitrogen and oxygen atoms in total. The van der Waals surface area contributed by atoms with Gasteiger partial charge in [0.05, 0.1) is 7.11 Å². The zero-order valence-electron chi connectivity index (χ0n) is 9.66. The second-order valence-corrected chi connectivity index (χ2v) is 6.04. The van der Waals surface area contributed by atoms with Gasteiger partial charge in [-0.05, 0) is 6.42 Å². The van der Waals surface area contributed by atoms with E-state index in [1.807, 2.05) is 18.0 Å². The number of rotatable bonds is 2. The highest BCUT2D eigenvalue weighted by Crippen LogP contribution is 2.30. The molecule has 0 N–H and O–H groups in total. The summed E-state index contributed by atoms with van der Waals surface area (Å²) in [5.41, 5.74) is 0. The van der Waals surface area contributed by atoms with Gasteiger partial charge in [0.2, 0.25) is 0 Å². The number of thioether (sulfide) groups is 1. The smallest absolute Gasteiger partial charge is 0.331 e. The quantitative estimate of drug-likeness (QED) is 0.534. The van der Waals surface area contributed by atoms with Crippen molar-refractivity contribution in [2.75, 3.05) is 26.0 Å². The SMILES string of the molecule is COC(=O)/C=C/N1CCSC(C)(C)CC1. The van der Waals surface area contributed by atoms with Crippen LogP contribution in [0.25, 0.3) is 0 Å². The molecule has 1 aliphatic heterocycles. The first-order chi connectivity index (χ1) is 7.03. The summed E-state index contributed by atoms with van der Waals surface area (Å²) in [6, 6.07) is 0. The lowest BCUT2D eigenvalue weighted by Gasteiger charge is -2.21. The summed E-state index contributed by atoms with van der Waals surface area (Å²) in [5.74, 6) is 0.824. The lowest BCUT2D eigenvalue weighted by molar-refractivity contribution is -0.134. The Balaban J connectivity index is 2.44. The molecule has 0 saturated carbocycles. The molecule has 0 aliphatic carbocycles. The van der Waals surface area contributed by atoms with Crippen LogP contribution in [0, 0.1) is 0 Å². The van der Waals surface area contributed by atoms with Gasteiger partial charge >= 0.3 is 5.97 Å². The number of hydrogen-bond acceptors (Lipinski definition) is 4. The van der Waals surface area contributed by atoms with Crippen molar-refractivity contribution in [1.29, 1.82) is 0 Å². The van der Waals surface area contributed by atoms with Gasteiger partial charge in [-0.2, -0.15) is 11.8 Å². The summed E-state index contributed by atoms with van der Waals surface area (Å²) < 4.78 is 4.91. The summed E-state index contributed by atoms with van der Waals surface area (Å²) in [7, 11) is 1.40. The Labute approximate surface area is 95.9 Å². The van der Waals surface area contributed by atoms with Gasteiger partial charge in [0.25, 0.3) is 0 Å². The molecule has 1 aliphatic rings. The molecular weight excluding hydrogens is 210 g/mol. The van der Waals surface area contributed by atoms with Crippen molar-refractivity contribution in [2.45, 2.75) is 25.0 Å². The predicted octanol–water partition coefficient (Wildman–Crippen LogP) is 1.89. The van der Waals surface area contributed by atoms with Gasteiger partial charge in [-0.15, -0.1) is 0 Å². The number of nitrogens with zero attached hydrogens (tertiary/aromatic N) is 1. The van der Waals surface area contributed by atoms with Gasteiger partial charge in [0.1, 0.15) is 0 Å². The van der Waals surface area contributed by atoms with Gasteiger partial charge in [-0.1, -0.05) is 13.8 Å². The van der Waals surface area contributed by atoms with E-state index in [9.17, 15) is 4.79 Å². The van der Waals surface area contributed by atoms with Crippen molar-refractivity contribution < 1.29 is 9.53 Å². The molecule has 0 radical (unpaired) electrons. The number of ether oxygens (including phenoxy) is 1. The molecule has 1 fully saturated rings. The van der Waals surface area contributed by atoms with Crippen molar-refractivity contribution in [2.24, 2.45) is 0 Å². The summed E-state index contributed by atoms with van der Waals surface area (Å²) >= 11 is 1.99. The zero-order valence-corrected chi connectivity index (χ0v) is 10.5. The van der Waals surface area contributed by atoms with Crippen LogP contribution >= 0.6 is 11.8 Å². The van der Waals surface area contributed by atoms with E-state index in [4.69, 9.17) is 0 Å². The minimum Gasteiger partial charge on any atom is -0.466 e. The van der Waals surface area contributed by atoms with Gasteiger partial charge in [0, 0.05) is 35.9 Å². The Kier molecular flexibility index (Phi) is 4.51. The van der Waals surface area contributed by atoms with Crippen molar-refractivity contribution in [1.82, 2.24) is 4.90 Å². The molecule has 0 aromatic rings. The highest BCUT2D eigenvalue weighted by molar-refractivity contribution is 8.00. The monoisotopic (exact) mass is 229 g/mol. The zero-order chi connectivity index (χ0) is 11.3. The second kappa shape index (κ2) is 5.45. The van der Waals surface area contributed by atoms with E-state index in [1.54, 1.807) is 0 Å². The first-order valence-corrected chi connectivity index (χ1v) is 6.16. The molecule has 0 amide bonds. The van der Waals surface area contributed by atoms with Crippen molar-refractivity contribution in [3.05, 3.63) is 12.3 Å². The van der Waals surface area contributed by atoms with E-state index in [0.29, 0.717) is 4.75 Å². The van der Waals surface area contributed by atoms with Crippen molar-refractivity contribution in [3.8, 4) is 0 Å². The normalized spacial score (nSPS) is 21.4. The Morgan fingerprint density at radius 3 is 2.87 bits per heavy atom. The van der Waals surface area contributed by atoms with Crippen LogP contribution in [0.15, 0.2) is 12.3 Å². The minimum atomic E-state index is -0.286. The van der Waals surface area contributed by atoms with Crippen LogP contribution in [0.2, 0.25) is 0 Å². The molecule has 0 aromatic carbocycles. The molecule has 0 unspecified atom stereocenters. The topological polar surface area (TPSA) is 29.5 Å². The largest absolute Gasteiger partial charge is 0.466 e. The lowest BCUT2D eigenvalue weighted by atomic mass is 10.1. The van der Waals surface area contributed by atoms with E-state index in [-0.39, 0.29) is 5.97 Å². The maximum absolute atomic E-state index is 10.9. The van der Waals surface area contributed by atoms with Gasteiger partial charge in [0.15, 0.2) is 0 Å². The van der Waals surface area contributed by atoms with E-state index in [1.165, 1.54) is 13.2 Å². The molecular formula is C11H19NO2S.